The lowest BCUT2D eigenvalue weighted by Gasteiger charge is -2.12. The van der Waals surface area contributed by atoms with Crippen LogP contribution in [-0.4, -0.2) is 21.1 Å². The molecule has 27 heavy (non-hydrogen) atoms. The van der Waals surface area contributed by atoms with Crippen LogP contribution in [0, 0.1) is 12.7 Å². The molecule has 1 fully saturated rings. The zero-order valence-electron chi connectivity index (χ0n) is 14.8. The number of nitrogens with two attached hydrogens (primary N) is 1. The van der Waals surface area contributed by atoms with E-state index in [0.717, 1.165) is 18.4 Å². The van der Waals surface area contributed by atoms with Crippen molar-refractivity contribution in [2.75, 3.05) is 16.4 Å². The Kier molecular flexibility index (Phi) is 4.27. The SMILES string of the molecule is Cc1ccc(Nc2ccc(O)c(-c3cc(NC4CC4)nc(N)n3)c2)c(F)c1. The molecule has 0 radical (unpaired) electrons. The summed E-state index contributed by atoms with van der Waals surface area (Å²) in [6.45, 7) is 1.83. The Morgan fingerprint density at radius 2 is 1.93 bits per heavy atom. The average molecular weight is 365 g/mol. The third-order valence-electron chi connectivity index (χ3n) is 4.35. The van der Waals surface area contributed by atoms with Crippen molar-refractivity contribution in [2.45, 2.75) is 25.8 Å². The average Bonchev–Trinajstić information content (AvgIpc) is 3.42. The Morgan fingerprint density at radius 3 is 2.67 bits per heavy atom. The molecule has 1 aliphatic rings. The summed E-state index contributed by atoms with van der Waals surface area (Å²) < 4.78 is 14.1. The van der Waals surface area contributed by atoms with Crippen molar-refractivity contribution in [1.82, 2.24) is 9.97 Å². The minimum absolute atomic E-state index is 0.0559. The molecule has 0 bridgehead atoms. The van der Waals surface area contributed by atoms with Gasteiger partial charge >= 0.3 is 0 Å². The zero-order valence-corrected chi connectivity index (χ0v) is 14.8. The lowest BCUT2D eigenvalue weighted by Crippen LogP contribution is -2.06. The number of nitrogens with zero attached hydrogens (tertiary/aromatic N) is 2. The van der Waals surface area contributed by atoms with Gasteiger partial charge in [-0.25, -0.2) is 9.37 Å². The molecule has 0 aliphatic heterocycles. The minimum atomic E-state index is -0.341. The monoisotopic (exact) mass is 365 g/mol. The van der Waals surface area contributed by atoms with Crippen LogP contribution in [0.4, 0.5) is 27.5 Å². The van der Waals surface area contributed by atoms with Gasteiger partial charge < -0.3 is 21.5 Å². The molecule has 0 amide bonds. The number of anilines is 4. The highest BCUT2D eigenvalue weighted by Crippen LogP contribution is 2.34. The largest absolute Gasteiger partial charge is 0.507 e. The van der Waals surface area contributed by atoms with Gasteiger partial charge in [0, 0.05) is 23.4 Å². The number of hydrogen-bond acceptors (Lipinski definition) is 6. The van der Waals surface area contributed by atoms with E-state index in [1.54, 1.807) is 24.3 Å². The molecule has 3 aromatic rings. The van der Waals surface area contributed by atoms with Crippen LogP contribution < -0.4 is 16.4 Å². The second-order valence-electron chi connectivity index (χ2n) is 6.76. The van der Waals surface area contributed by atoms with Crippen molar-refractivity contribution in [2.24, 2.45) is 0 Å². The van der Waals surface area contributed by atoms with E-state index in [1.165, 1.54) is 12.1 Å². The van der Waals surface area contributed by atoms with Gasteiger partial charge in [-0.05, 0) is 55.7 Å². The molecule has 1 aliphatic carbocycles. The minimum Gasteiger partial charge on any atom is -0.507 e. The summed E-state index contributed by atoms with van der Waals surface area (Å²) in [6, 6.07) is 12.0. The summed E-state index contributed by atoms with van der Waals surface area (Å²) in [4.78, 5) is 8.42. The Balaban J connectivity index is 1.67. The Morgan fingerprint density at radius 1 is 1.11 bits per heavy atom. The van der Waals surface area contributed by atoms with Crippen molar-refractivity contribution >= 4 is 23.1 Å². The van der Waals surface area contributed by atoms with Gasteiger partial charge in [0.15, 0.2) is 0 Å². The maximum absolute atomic E-state index is 14.1. The third-order valence-corrected chi connectivity index (χ3v) is 4.35. The van der Waals surface area contributed by atoms with Crippen LogP contribution >= 0.6 is 0 Å². The van der Waals surface area contributed by atoms with Gasteiger partial charge in [0.1, 0.15) is 17.4 Å². The van der Waals surface area contributed by atoms with Crippen molar-refractivity contribution in [3.05, 3.63) is 53.8 Å². The van der Waals surface area contributed by atoms with E-state index in [1.807, 2.05) is 13.0 Å². The van der Waals surface area contributed by atoms with E-state index >= 15 is 0 Å². The fraction of sp³-hybridized carbons (Fsp3) is 0.200. The lowest BCUT2D eigenvalue weighted by atomic mass is 10.1. The fourth-order valence-corrected chi connectivity index (χ4v) is 2.81. The maximum Gasteiger partial charge on any atom is 0.222 e. The first kappa shape index (κ1) is 17.1. The number of aromatic hydroxyl groups is 1. The summed E-state index contributed by atoms with van der Waals surface area (Å²) >= 11 is 0. The highest BCUT2D eigenvalue weighted by atomic mass is 19.1. The van der Waals surface area contributed by atoms with Crippen LogP contribution in [0.5, 0.6) is 5.75 Å². The highest BCUT2D eigenvalue weighted by molar-refractivity contribution is 5.75. The second-order valence-corrected chi connectivity index (χ2v) is 6.76. The van der Waals surface area contributed by atoms with Gasteiger partial charge in [0.25, 0.3) is 0 Å². The van der Waals surface area contributed by atoms with Crippen molar-refractivity contribution in [1.29, 1.82) is 0 Å². The smallest absolute Gasteiger partial charge is 0.222 e. The van der Waals surface area contributed by atoms with Crippen LogP contribution in [0.2, 0.25) is 0 Å². The van der Waals surface area contributed by atoms with Crippen LogP contribution in [0.1, 0.15) is 18.4 Å². The molecule has 0 spiro atoms. The van der Waals surface area contributed by atoms with Gasteiger partial charge in [-0.3, -0.25) is 0 Å². The molecular weight excluding hydrogens is 345 g/mol. The first-order chi connectivity index (χ1) is 13.0. The first-order valence-electron chi connectivity index (χ1n) is 8.75. The van der Waals surface area contributed by atoms with E-state index in [2.05, 4.69) is 20.6 Å². The van der Waals surface area contributed by atoms with Gasteiger partial charge in [-0.1, -0.05) is 6.07 Å². The van der Waals surface area contributed by atoms with Crippen LogP contribution in [0.25, 0.3) is 11.3 Å². The first-order valence-corrected chi connectivity index (χ1v) is 8.75. The number of aromatic nitrogens is 2. The van der Waals surface area contributed by atoms with Gasteiger partial charge in [0.05, 0.1) is 11.4 Å². The number of benzene rings is 2. The standard InChI is InChI=1S/C20H20FN5O/c1-11-2-6-16(15(21)8-11)23-13-5-7-18(27)14(9-13)17-10-19(24-12-3-4-12)26-20(22)25-17/h2,5-10,12,23,27H,3-4H2,1H3,(H3,22,24,25,26). The second kappa shape index (κ2) is 6.75. The van der Waals surface area contributed by atoms with Gasteiger partial charge in [-0.2, -0.15) is 4.98 Å². The molecule has 7 heteroatoms. The Hall–Kier alpha value is -3.35. The summed E-state index contributed by atoms with van der Waals surface area (Å²) in [7, 11) is 0. The number of hydrogen-bond donors (Lipinski definition) is 4. The molecule has 1 heterocycles. The molecule has 0 atom stereocenters. The number of nitrogen functional groups attached to an aromatic ring is 1. The molecule has 2 aromatic carbocycles. The molecule has 0 unspecified atom stereocenters. The molecule has 0 saturated heterocycles. The van der Waals surface area contributed by atoms with E-state index in [-0.39, 0.29) is 17.5 Å². The molecular formula is C20H20FN5O. The highest BCUT2D eigenvalue weighted by Gasteiger charge is 2.22. The van der Waals surface area contributed by atoms with E-state index in [9.17, 15) is 9.50 Å². The Bertz CT molecular complexity index is 1000. The number of rotatable bonds is 5. The fourth-order valence-electron chi connectivity index (χ4n) is 2.81. The summed E-state index contributed by atoms with van der Waals surface area (Å²) in [6.07, 6.45) is 2.21. The summed E-state index contributed by atoms with van der Waals surface area (Å²) in [5.41, 5.74) is 8.64. The summed E-state index contributed by atoms with van der Waals surface area (Å²) in [5, 5.41) is 16.6. The predicted molar refractivity (Wildman–Crippen MR) is 105 cm³/mol. The molecule has 138 valence electrons. The van der Waals surface area contributed by atoms with Crippen LogP contribution in [0.15, 0.2) is 42.5 Å². The van der Waals surface area contributed by atoms with Crippen LogP contribution in [0.3, 0.4) is 0 Å². The van der Waals surface area contributed by atoms with Crippen LogP contribution in [-0.2, 0) is 0 Å². The Labute approximate surface area is 156 Å². The predicted octanol–water partition coefficient (Wildman–Crippen LogP) is 4.20. The molecule has 4 rings (SSSR count). The van der Waals surface area contributed by atoms with E-state index < -0.39 is 0 Å². The molecule has 6 nitrogen and oxygen atoms in total. The summed E-state index contributed by atoms with van der Waals surface area (Å²) in [5.74, 6) is 0.465. The third kappa shape index (κ3) is 3.92. The van der Waals surface area contributed by atoms with Crippen molar-refractivity contribution in [3.63, 3.8) is 0 Å². The van der Waals surface area contributed by atoms with Crippen molar-refractivity contribution < 1.29 is 9.50 Å². The zero-order chi connectivity index (χ0) is 19.0. The number of aryl methyl sites for hydroxylation is 1. The normalized spacial score (nSPS) is 13.4. The van der Waals surface area contributed by atoms with E-state index in [4.69, 9.17) is 5.73 Å². The number of phenolic OH excluding ortho intramolecular Hbond substituents is 1. The van der Waals surface area contributed by atoms with Crippen molar-refractivity contribution in [3.8, 4) is 17.0 Å². The quantitative estimate of drug-likeness (QED) is 0.506. The molecule has 1 saturated carbocycles. The van der Waals surface area contributed by atoms with Gasteiger partial charge in [0.2, 0.25) is 5.95 Å². The molecule has 1 aromatic heterocycles. The number of nitrogens with one attached hydrogen (secondary N) is 2. The number of phenols is 1. The topological polar surface area (TPSA) is 96.1 Å². The van der Waals surface area contributed by atoms with E-state index in [0.29, 0.717) is 34.5 Å². The van der Waals surface area contributed by atoms with Gasteiger partial charge in [-0.15, -0.1) is 0 Å². The number of halogens is 1. The maximum atomic E-state index is 14.1. The lowest BCUT2D eigenvalue weighted by molar-refractivity contribution is 0.477. The molecule has 5 N–H and O–H groups in total.